The Kier molecular flexibility index (Phi) is 7.08. The van der Waals surface area contributed by atoms with E-state index in [0.29, 0.717) is 12.7 Å². The highest BCUT2D eigenvalue weighted by molar-refractivity contribution is 5.92. The van der Waals surface area contributed by atoms with Crippen molar-refractivity contribution in [1.82, 2.24) is 0 Å². The van der Waals surface area contributed by atoms with Gasteiger partial charge >= 0.3 is 23.9 Å². The van der Waals surface area contributed by atoms with E-state index in [1.165, 1.54) is 0 Å². The second-order valence-electron chi connectivity index (χ2n) is 8.10. The van der Waals surface area contributed by atoms with Gasteiger partial charge in [-0.2, -0.15) is 0 Å². The summed E-state index contributed by atoms with van der Waals surface area (Å²) >= 11 is 0. The summed E-state index contributed by atoms with van der Waals surface area (Å²) in [5.41, 5.74) is 0. The van der Waals surface area contributed by atoms with Crippen molar-refractivity contribution in [2.75, 3.05) is 26.4 Å². The number of fused-ring (bicyclic) bond motifs is 2. The molecule has 0 spiro atoms. The molecule has 1 N–H and O–H groups in total. The first-order valence-corrected chi connectivity index (χ1v) is 10.5. The molecule has 0 radical (unpaired) electrons. The predicted molar refractivity (Wildman–Crippen MR) is 104 cm³/mol. The molecule has 0 unspecified atom stereocenters. The summed E-state index contributed by atoms with van der Waals surface area (Å²) in [6.45, 7) is 2.79. The van der Waals surface area contributed by atoms with Crippen LogP contribution >= 0.6 is 0 Å². The maximum Gasteiger partial charge on any atom is 0.331 e. The van der Waals surface area contributed by atoms with Crippen LogP contribution < -0.4 is 0 Å². The lowest BCUT2D eigenvalue weighted by molar-refractivity contribution is -0.151. The van der Waals surface area contributed by atoms with Crippen LogP contribution in [0.3, 0.4) is 0 Å². The van der Waals surface area contributed by atoms with Crippen molar-refractivity contribution in [2.45, 2.75) is 49.7 Å². The summed E-state index contributed by atoms with van der Waals surface area (Å²) in [6, 6.07) is 0. The smallest absolute Gasteiger partial charge is 0.331 e. The molecule has 4 fully saturated rings. The van der Waals surface area contributed by atoms with E-state index >= 15 is 0 Å². The minimum absolute atomic E-state index is 0.00447. The molecule has 0 aliphatic carbocycles. The number of carboxylic acid groups (broad SMARTS) is 1. The number of carboxylic acids is 1. The number of rotatable bonds is 7. The molecule has 0 aromatic rings. The Morgan fingerprint density at radius 2 is 1.00 bits per heavy atom. The summed E-state index contributed by atoms with van der Waals surface area (Å²) in [6.07, 6.45) is -0.447. The van der Waals surface area contributed by atoms with Crippen molar-refractivity contribution in [2.24, 2.45) is 5.92 Å². The summed E-state index contributed by atoms with van der Waals surface area (Å²) in [5, 5.41) is 8.55. The molecule has 0 bridgehead atoms. The first kappa shape index (κ1) is 23.4. The minimum atomic E-state index is -1.28. The number of aliphatic carboxylic acids is 1. The number of hydrogen-bond donors (Lipinski definition) is 1. The van der Waals surface area contributed by atoms with Crippen molar-refractivity contribution in [3.8, 4) is 0 Å². The van der Waals surface area contributed by atoms with Crippen LogP contribution in [0.4, 0.5) is 0 Å². The van der Waals surface area contributed by atoms with Crippen LogP contribution in [0, 0.1) is 5.92 Å². The Morgan fingerprint density at radius 3 is 1.45 bits per heavy atom. The number of ether oxygens (including phenoxy) is 7. The Bertz CT molecular complexity index is 850. The maximum atomic E-state index is 12.1. The number of esters is 3. The molecular formula is C21H24O12. The van der Waals surface area contributed by atoms with Crippen molar-refractivity contribution < 1.29 is 57.4 Å². The quantitative estimate of drug-likeness (QED) is 0.281. The van der Waals surface area contributed by atoms with E-state index in [1.807, 2.05) is 6.92 Å². The lowest BCUT2D eigenvalue weighted by Crippen LogP contribution is -2.35. The Labute approximate surface area is 188 Å². The fourth-order valence-electron chi connectivity index (χ4n) is 4.23. The van der Waals surface area contributed by atoms with Crippen molar-refractivity contribution in [3.05, 3.63) is 24.3 Å². The highest BCUT2D eigenvalue weighted by atomic mass is 16.7. The molecule has 0 saturated carbocycles. The number of hydrogen-bond acceptors (Lipinski definition) is 11. The molecule has 0 amide bonds. The van der Waals surface area contributed by atoms with Gasteiger partial charge in [-0.25, -0.2) is 19.2 Å². The normalized spacial score (nSPS) is 37.2. The number of carbonyl (C=O) groups excluding carboxylic acids is 3. The second kappa shape index (κ2) is 10.00. The van der Waals surface area contributed by atoms with Gasteiger partial charge in [0.15, 0.2) is 18.3 Å². The Balaban J connectivity index is 1.22. The van der Waals surface area contributed by atoms with Crippen LogP contribution in [0.5, 0.6) is 0 Å². The topological polar surface area (TPSA) is 153 Å². The summed E-state index contributed by atoms with van der Waals surface area (Å²) in [5.74, 6) is -3.42. The van der Waals surface area contributed by atoms with Crippen molar-refractivity contribution >= 4 is 23.9 Å². The average molecular weight is 468 g/mol. The summed E-state index contributed by atoms with van der Waals surface area (Å²) in [4.78, 5) is 46.3. The molecule has 4 saturated heterocycles. The molecule has 33 heavy (non-hydrogen) atoms. The van der Waals surface area contributed by atoms with Gasteiger partial charge in [-0.15, -0.1) is 0 Å². The van der Waals surface area contributed by atoms with E-state index in [-0.39, 0.29) is 37.9 Å². The molecule has 0 aromatic carbocycles. The number of carbonyl (C=O) groups is 4. The summed E-state index contributed by atoms with van der Waals surface area (Å²) in [7, 11) is 0. The van der Waals surface area contributed by atoms with Gasteiger partial charge in [0.05, 0.1) is 32.5 Å². The van der Waals surface area contributed by atoms with E-state index < -0.39 is 54.4 Å². The van der Waals surface area contributed by atoms with Crippen molar-refractivity contribution in [3.63, 3.8) is 0 Å². The zero-order valence-electron chi connectivity index (χ0n) is 17.7. The van der Waals surface area contributed by atoms with Gasteiger partial charge in [0.2, 0.25) is 0 Å². The minimum Gasteiger partial charge on any atom is -0.478 e. The highest BCUT2D eigenvalue weighted by Gasteiger charge is 2.51. The average Bonchev–Trinajstić information content (AvgIpc) is 3.52. The fourth-order valence-corrected chi connectivity index (χ4v) is 4.23. The largest absolute Gasteiger partial charge is 0.478 e. The van der Waals surface area contributed by atoms with Gasteiger partial charge in [-0.1, -0.05) is 6.92 Å². The SMILES string of the molecule is C[C@H]1CO[C@H]2[C@@H]1OC[C@@H]2OC(=O)/C=C\C(=O)O[C@H]1CO[C@H]2[C@@H]1OC[C@@H]2OC(=O)/C=C\C(=O)O. The monoisotopic (exact) mass is 468 g/mol. The first-order chi connectivity index (χ1) is 15.8. The molecule has 4 rings (SSSR count). The lowest BCUT2D eigenvalue weighted by Gasteiger charge is -2.16. The standard InChI is InChI=1S/C21H24O12/c1-10-6-27-19-11(7-28-18(10)19)31-16(25)4-5-17(26)33-13-9-30-20-12(8-29-21(13)20)32-15(24)3-2-14(22)23/h2-5,10-13,18-21H,6-9H2,1H3,(H,22,23)/b3-2-,5-4-/t10-,11-,12-,13-,18+,19+,20+,21+/m0/s1. The van der Waals surface area contributed by atoms with Crippen LogP contribution in [0.1, 0.15) is 6.92 Å². The molecule has 4 aliphatic rings. The maximum absolute atomic E-state index is 12.1. The zero-order valence-corrected chi connectivity index (χ0v) is 17.7. The van der Waals surface area contributed by atoms with Gasteiger partial charge in [0, 0.05) is 30.2 Å². The van der Waals surface area contributed by atoms with E-state index in [9.17, 15) is 19.2 Å². The van der Waals surface area contributed by atoms with Crippen LogP contribution in [0.2, 0.25) is 0 Å². The first-order valence-electron chi connectivity index (χ1n) is 10.5. The second-order valence-corrected chi connectivity index (χ2v) is 8.10. The van der Waals surface area contributed by atoms with Crippen molar-refractivity contribution in [1.29, 1.82) is 0 Å². The van der Waals surface area contributed by atoms with E-state index in [2.05, 4.69) is 0 Å². The zero-order chi connectivity index (χ0) is 23.5. The lowest BCUT2D eigenvalue weighted by atomic mass is 10.0. The van der Waals surface area contributed by atoms with Gasteiger partial charge < -0.3 is 38.3 Å². The van der Waals surface area contributed by atoms with E-state index in [4.69, 9.17) is 38.3 Å². The van der Waals surface area contributed by atoms with E-state index in [0.717, 1.165) is 18.2 Å². The van der Waals surface area contributed by atoms with Crippen LogP contribution in [0.15, 0.2) is 24.3 Å². The van der Waals surface area contributed by atoms with Crippen LogP contribution in [-0.2, 0) is 52.3 Å². The molecule has 4 aliphatic heterocycles. The molecule has 12 nitrogen and oxygen atoms in total. The molecular weight excluding hydrogens is 444 g/mol. The Hall–Kier alpha value is -2.80. The molecule has 180 valence electrons. The Morgan fingerprint density at radius 1 is 0.636 bits per heavy atom. The van der Waals surface area contributed by atoms with Crippen LogP contribution in [0.25, 0.3) is 0 Å². The third kappa shape index (κ3) is 5.41. The third-order valence-electron chi connectivity index (χ3n) is 5.74. The molecule has 12 heteroatoms. The van der Waals surface area contributed by atoms with Gasteiger partial charge in [0.1, 0.15) is 18.3 Å². The highest BCUT2D eigenvalue weighted by Crippen LogP contribution is 2.32. The summed E-state index contributed by atoms with van der Waals surface area (Å²) < 4.78 is 38.0. The van der Waals surface area contributed by atoms with E-state index in [1.54, 1.807) is 0 Å². The predicted octanol–water partition coefficient (Wildman–Crippen LogP) is -0.850. The van der Waals surface area contributed by atoms with Gasteiger partial charge in [-0.05, 0) is 0 Å². The molecule has 0 aromatic heterocycles. The molecule has 4 heterocycles. The van der Waals surface area contributed by atoms with Gasteiger partial charge in [-0.3, -0.25) is 0 Å². The molecule has 8 atom stereocenters. The van der Waals surface area contributed by atoms with Gasteiger partial charge in [0.25, 0.3) is 0 Å². The fraction of sp³-hybridized carbons (Fsp3) is 0.619. The third-order valence-corrected chi connectivity index (χ3v) is 5.74. The van der Waals surface area contributed by atoms with Crippen LogP contribution in [-0.4, -0.2) is 98.1 Å².